The van der Waals surface area contributed by atoms with E-state index in [0.29, 0.717) is 11.0 Å². The minimum Gasteiger partial charge on any atom is -0.478 e. The van der Waals surface area contributed by atoms with Crippen LogP contribution in [0.1, 0.15) is 30.1 Å². The molecule has 2 amide bonds. The Morgan fingerprint density at radius 1 is 1.42 bits per heavy atom. The predicted molar refractivity (Wildman–Crippen MR) is 75.5 cm³/mol. The molecule has 1 aromatic rings. The third-order valence-electron chi connectivity index (χ3n) is 3.26. The van der Waals surface area contributed by atoms with Crippen molar-refractivity contribution in [3.8, 4) is 0 Å². The lowest BCUT2D eigenvalue weighted by molar-refractivity contribution is 0.0698. The standard InChI is InChI=1S/C13H15BrN2O3/c1-13(5-6-13)7-15-12(19)16-10-8(11(17)18)3-2-4-9(10)14/h2-4H,5-7H2,1H3,(H,17,18)(H2,15,16,19). The maximum Gasteiger partial charge on any atom is 0.337 e. The van der Waals surface area contributed by atoms with Crippen molar-refractivity contribution in [3.63, 3.8) is 0 Å². The molecule has 5 nitrogen and oxygen atoms in total. The Morgan fingerprint density at radius 3 is 2.68 bits per heavy atom. The van der Waals surface area contributed by atoms with Gasteiger partial charge in [-0.1, -0.05) is 13.0 Å². The van der Waals surface area contributed by atoms with E-state index in [1.54, 1.807) is 12.1 Å². The lowest BCUT2D eigenvalue weighted by Gasteiger charge is -2.13. The first-order valence-electron chi connectivity index (χ1n) is 5.98. The summed E-state index contributed by atoms with van der Waals surface area (Å²) in [7, 11) is 0. The van der Waals surface area contributed by atoms with Crippen molar-refractivity contribution < 1.29 is 14.7 Å². The fourth-order valence-corrected chi connectivity index (χ4v) is 2.14. The normalized spacial score (nSPS) is 15.7. The molecule has 1 aromatic carbocycles. The molecular weight excluding hydrogens is 312 g/mol. The molecule has 1 aliphatic rings. The molecule has 0 aromatic heterocycles. The fourth-order valence-electron chi connectivity index (χ4n) is 1.67. The number of anilines is 1. The van der Waals surface area contributed by atoms with E-state index < -0.39 is 5.97 Å². The third kappa shape index (κ3) is 3.47. The second-order valence-electron chi connectivity index (χ2n) is 5.09. The molecule has 0 saturated heterocycles. The molecule has 102 valence electrons. The largest absolute Gasteiger partial charge is 0.478 e. The zero-order valence-corrected chi connectivity index (χ0v) is 12.1. The maximum absolute atomic E-state index is 11.8. The first kappa shape index (κ1) is 13.9. The molecule has 2 rings (SSSR count). The van der Waals surface area contributed by atoms with E-state index in [9.17, 15) is 9.59 Å². The molecule has 1 aliphatic carbocycles. The van der Waals surface area contributed by atoms with Gasteiger partial charge in [-0.25, -0.2) is 9.59 Å². The lowest BCUT2D eigenvalue weighted by Crippen LogP contribution is -2.33. The van der Waals surface area contributed by atoms with Crippen LogP contribution in [0.5, 0.6) is 0 Å². The first-order chi connectivity index (χ1) is 8.91. The number of rotatable bonds is 4. The van der Waals surface area contributed by atoms with E-state index in [1.807, 2.05) is 0 Å². The van der Waals surface area contributed by atoms with E-state index in [1.165, 1.54) is 6.07 Å². The molecule has 0 spiro atoms. The number of aromatic carboxylic acids is 1. The van der Waals surface area contributed by atoms with Crippen LogP contribution >= 0.6 is 15.9 Å². The van der Waals surface area contributed by atoms with E-state index >= 15 is 0 Å². The zero-order chi connectivity index (χ0) is 14.0. The highest BCUT2D eigenvalue weighted by Crippen LogP contribution is 2.44. The average Bonchev–Trinajstić information content (AvgIpc) is 3.08. The van der Waals surface area contributed by atoms with Crippen LogP contribution in [0.15, 0.2) is 22.7 Å². The average molecular weight is 327 g/mol. The number of hydrogen-bond acceptors (Lipinski definition) is 2. The molecule has 19 heavy (non-hydrogen) atoms. The number of carboxylic acid groups (broad SMARTS) is 1. The number of nitrogens with one attached hydrogen (secondary N) is 2. The topological polar surface area (TPSA) is 78.4 Å². The van der Waals surface area contributed by atoms with Crippen molar-refractivity contribution in [2.45, 2.75) is 19.8 Å². The second-order valence-corrected chi connectivity index (χ2v) is 5.94. The molecule has 0 atom stereocenters. The van der Waals surface area contributed by atoms with E-state index in [2.05, 4.69) is 33.5 Å². The Bertz CT molecular complexity index is 527. The van der Waals surface area contributed by atoms with E-state index in [-0.39, 0.29) is 22.7 Å². The predicted octanol–water partition coefficient (Wildman–Crippen LogP) is 3.07. The summed E-state index contributed by atoms with van der Waals surface area (Å²) < 4.78 is 0.542. The van der Waals surface area contributed by atoms with Crippen LogP contribution in [0.4, 0.5) is 10.5 Å². The second kappa shape index (κ2) is 5.21. The van der Waals surface area contributed by atoms with E-state index in [4.69, 9.17) is 5.11 Å². The van der Waals surface area contributed by atoms with Gasteiger partial charge in [0.1, 0.15) is 0 Å². The zero-order valence-electron chi connectivity index (χ0n) is 10.5. The Hall–Kier alpha value is -1.56. The molecule has 6 heteroatoms. The van der Waals surface area contributed by atoms with Crippen LogP contribution in [0.2, 0.25) is 0 Å². The number of amides is 2. The molecule has 0 unspecified atom stereocenters. The van der Waals surface area contributed by atoms with Crippen molar-refractivity contribution in [2.75, 3.05) is 11.9 Å². The van der Waals surface area contributed by atoms with Crippen LogP contribution in [0, 0.1) is 5.41 Å². The highest BCUT2D eigenvalue weighted by atomic mass is 79.9. The maximum atomic E-state index is 11.8. The van der Waals surface area contributed by atoms with Crippen molar-refractivity contribution in [2.24, 2.45) is 5.41 Å². The summed E-state index contributed by atoms with van der Waals surface area (Å²) in [5.74, 6) is -1.08. The van der Waals surface area contributed by atoms with Crippen molar-refractivity contribution >= 4 is 33.6 Å². The van der Waals surface area contributed by atoms with Gasteiger partial charge in [0, 0.05) is 11.0 Å². The monoisotopic (exact) mass is 326 g/mol. The number of hydrogen-bond donors (Lipinski definition) is 3. The third-order valence-corrected chi connectivity index (χ3v) is 3.92. The minimum absolute atomic E-state index is 0.0576. The number of carbonyl (C=O) groups is 2. The first-order valence-corrected chi connectivity index (χ1v) is 6.77. The van der Waals surface area contributed by atoms with Gasteiger partial charge in [0.15, 0.2) is 0 Å². The lowest BCUT2D eigenvalue weighted by atomic mass is 10.1. The number of urea groups is 1. The number of carbonyl (C=O) groups excluding carboxylic acids is 1. The van der Waals surface area contributed by atoms with Gasteiger partial charge in [-0.05, 0) is 46.3 Å². The number of benzene rings is 1. The molecule has 3 N–H and O–H groups in total. The molecule has 0 bridgehead atoms. The summed E-state index contributed by atoms with van der Waals surface area (Å²) in [5.41, 5.74) is 0.538. The number of halogens is 1. The van der Waals surface area contributed by atoms with Gasteiger partial charge in [-0.15, -0.1) is 0 Å². The fraction of sp³-hybridized carbons (Fsp3) is 0.385. The Labute approximate surface area is 119 Å². The van der Waals surface area contributed by atoms with Gasteiger partial charge < -0.3 is 15.7 Å². The van der Waals surface area contributed by atoms with Crippen LogP contribution in [-0.4, -0.2) is 23.7 Å². The molecule has 0 radical (unpaired) electrons. The Balaban J connectivity index is 2.05. The summed E-state index contributed by atoms with van der Waals surface area (Å²) in [6.07, 6.45) is 2.23. The van der Waals surface area contributed by atoms with Gasteiger partial charge in [0.05, 0.1) is 11.3 Å². The number of para-hydroxylation sites is 1. The van der Waals surface area contributed by atoms with Crippen molar-refractivity contribution in [3.05, 3.63) is 28.2 Å². The van der Waals surface area contributed by atoms with Crippen molar-refractivity contribution in [1.82, 2.24) is 5.32 Å². The van der Waals surface area contributed by atoms with Gasteiger partial charge in [-0.3, -0.25) is 0 Å². The van der Waals surface area contributed by atoms with E-state index in [0.717, 1.165) is 12.8 Å². The number of carboxylic acids is 1. The molecule has 0 aliphatic heterocycles. The quantitative estimate of drug-likeness (QED) is 0.795. The smallest absolute Gasteiger partial charge is 0.337 e. The minimum atomic E-state index is -1.08. The molecule has 0 heterocycles. The highest BCUT2D eigenvalue weighted by molar-refractivity contribution is 9.10. The summed E-state index contributed by atoms with van der Waals surface area (Å²) >= 11 is 3.24. The highest BCUT2D eigenvalue weighted by Gasteiger charge is 2.37. The van der Waals surface area contributed by atoms with Gasteiger partial charge in [-0.2, -0.15) is 0 Å². The van der Waals surface area contributed by atoms with Gasteiger partial charge in [0.25, 0.3) is 0 Å². The summed E-state index contributed by atoms with van der Waals surface area (Å²) in [4.78, 5) is 22.9. The molecule has 1 fully saturated rings. The van der Waals surface area contributed by atoms with Gasteiger partial charge >= 0.3 is 12.0 Å². The Morgan fingerprint density at radius 2 is 2.11 bits per heavy atom. The summed E-state index contributed by atoms with van der Waals surface area (Å²) in [6.45, 7) is 2.71. The SMILES string of the molecule is CC1(CNC(=O)Nc2c(Br)cccc2C(=O)O)CC1. The summed E-state index contributed by atoms with van der Waals surface area (Å²) in [6, 6.07) is 4.36. The van der Waals surface area contributed by atoms with Crippen LogP contribution in [0.25, 0.3) is 0 Å². The van der Waals surface area contributed by atoms with Crippen molar-refractivity contribution in [1.29, 1.82) is 0 Å². The molecular formula is C13H15BrN2O3. The van der Waals surface area contributed by atoms with Crippen LogP contribution in [0.3, 0.4) is 0 Å². The Kier molecular flexibility index (Phi) is 3.80. The van der Waals surface area contributed by atoms with Crippen LogP contribution < -0.4 is 10.6 Å². The van der Waals surface area contributed by atoms with Crippen LogP contribution in [-0.2, 0) is 0 Å². The summed E-state index contributed by atoms with van der Waals surface area (Å²) in [5, 5.41) is 14.4. The molecule has 1 saturated carbocycles. The van der Waals surface area contributed by atoms with Gasteiger partial charge in [0.2, 0.25) is 0 Å².